The van der Waals surface area contributed by atoms with Crippen molar-refractivity contribution < 1.29 is 9.32 Å². The van der Waals surface area contributed by atoms with Gasteiger partial charge in [-0.15, -0.1) is 4.74 Å². The van der Waals surface area contributed by atoms with Crippen molar-refractivity contribution in [3.8, 4) is 0 Å². The molecule has 1 aliphatic rings. The van der Waals surface area contributed by atoms with E-state index < -0.39 is 5.63 Å². The fourth-order valence-corrected chi connectivity index (χ4v) is 3.42. The van der Waals surface area contributed by atoms with Crippen molar-refractivity contribution in [1.82, 2.24) is 10.1 Å². The van der Waals surface area contributed by atoms with Gasteiger partial charge >= 0.3 is 11.7 Å². The number of rotatable bonds is 2. The summed E-state index contributed by atoms with van der Waals surface area (Å²) in [6.45, 7) is 5.58. The van der Waals surface area contributed by atoms with Gasteiger partial charge in [0.05, 0.1) is 17.3 Å². The van der Waals surface area contributed by atoms with Gasteiger partial charge in [-0.05, 0) is 43.2 Å². The molecule has 3 rings (SSSR count). The Bertz CT molecular complexity index is 786. The molecular weight excluding hydrogens is 292 g/mol. The molecule has 1 atom stereocenters. The number of carbonyl (C=O) groups excluding carboxylic acids is 1. The van der Waals surface area contributed by atoms with Crippen LogP contribution in [0.25, 0.3) is 0 Å². The molecular formula is C18H22N2O3. The van der Waals surface area contributed by atoms with Gasteiger partial charge in [0, 0.05) is 0 Å². The van der Waals surface area contributed by atoms with Crippen LogP contribution in [0.1, 0.15) is 61.0 Å². The van der Waals surface area contributed by atoms with Crippen LogP contribution < -0.4 is 10.9 Å². The van der Waals surface area contributed by atoms with E-state index in [2.05, 4.69) is 17.4 Å². The first-order chi connectivity index (χ1) is 11.0. The fourth-order valence-electron chi connectivity index (χ4n) is 3.42. The Hall–Kier alpha value is -2.30. The van der Waals surface area contributed by atoms with Gasteiger partial charge in [-0.25, -0.2) is 9.59 Å². The topological polar surface area (TPSA) is 64.2 Å². The lowest BCUT2D eigenvalue weighted by Gasteiger charge is -2.26. The van der Waals surface area contributed by atoms with Crippen LogP contribution in [0, 0.1) is 6.92 Å². The summed E-state index contributed by atoms with van der Waals surface area (Å²) in [7, 11) is 0. The van der Waals surface area contributed by atoms with Crippen molar-refractivity contribution in [3.05, 3.63) is 57.1 Å². The number of amides is 1. The van der Waals surface area contributed by atoms with Crippen LogP contribution in [0.3, 0.4) is 0 Å². The van der Waals surface area contributed by atoms with E-state index in [1.54, 1.807) is 6.92 Å². The number of hydrogen-bond acceptors (Lipinski definition) is 3. The minimum atomic E-state index is -0.434. The molecule has 23 heavy (non-hydrogen) atoms. The molecule has 0 fully saturated rings. The molecule has 2 aromatic rings. The summed E-state index contributed by atoms with van der Waals surface area (Å²) in [5.74, 6) is 0.0238. The van der Waals surface area contributed by atoms with Gasteiger partial charge in [-0.1, -0.05) is 38.1 Å². The van der Waals surface area contributed by atoms with Gasteiger partial charge in [-0.3, -0.25) is 0 Å². The number of hydrogen-bond donors (Lipinski definition) is 1. The molecule has 1 aromatic heterocycles. The second-order valence-electron chi connectivity index (χ2n) is 6.42. The van der Waals surface area contributed by atoms with E-state index in [4.69, 9.17) is 4.52 Å². The molecule has 5 nitrogen and oxygen atoms in total. The first-order valence-electron chi connectivity index (χ1n) is 8.10. The van der Waals surface area contributed by atoms with E-state index in [9.17, 15) is 9.59 Å². The highest BCUT2D eigenvalue weighted by atomic mass is 16.5. The van der Waals surface area contributed by atoms with Crippen LogP contribution >= 0.6 is 0 Å². The van der Waals surface area contributed by atoms with Crippen molar-refractivity contribution >= 4 is 6.03 Å². The van der Waals surface area contributed by atoms with E-state index in [0.717, 1.165) is 29.6 Å². The summed E-state index contributed by atoms with van der Waals surface area (Å²) < 4.78 is 6.24. The maximum Gasteiger partial charge on any atom is 0.361 e. The molecule has 0 saturated heterocycles. The second kappa shape index (κ2) is 6.07. The summed E-state index contributed by atoms with van der Waals surface area (Å²) in [5.41, 5.74) is 3.13. The second-order valence-corrected chi connectivity index (χ2v) is 6.42. The first kappa shape index (κ1) is 15.6. The molecule has 0 aliphatic heterocycles. The molecule has 0 bridgehead atoms. The zero-order valence-electron chi connectivity index (χ0n) is 13.8. The molecule has 5 heteroatoms. The smallest absolute Gasteiger partial charge is 0.328 e. The minimum absolute atomic E-state index is 0.0238. The summed E-state index contributed by atoms with van der Waals surface area (Å²) in [4.78, 5) is 24.5. The number of fused-ring (bicyclic) bond motifs is 1. The van der Waals surface area contributed by atoms with E-state index in [0.29, 0.717) is 11.3 Å². The Morgan fingerprint density at radius 2 is 2.09 bits per heavy atom. The number of carbonyl (C=O) groups is 1. The van der Waals surface area contributed by atoms with Crippen molar-refractivity contribution in [3.63, 3.8) is 0 Å². The summed E-state index contributed by atoms with van der Waals surface area (Å²) in [6, 6.07) is 7.74. The van der Waals surface area contributed by atoms with Crippen molar-refractivity contribution in [2.24, 2.45) is 0 Å². The normalized spacial score (nSPS) is 17.1. The minimum Gasteiger partial charge on any atom is -0.328 e. The maximum absolute atomic E-state index is 12.6. The van der Waals surface area contributed by atoms with E-state index in [-0.39, 0.29) is 18.0 Å². The molecule has 1 heterocycles. The van der Waals surface area contributed by atoms with E-state index in [1.165, 1.54) is 5.56 Å². The van der Waals surface area contributed by atoms with Crippen molar-refractivity contribution in [2.45, 2.75) is 52.0 Å². The monoisotopic (exact) mass is 314 g/mol. The Morgan fingerprint density at radius 1 is 1.35 bits per heavy atom. The third-order valence-corrected chi connectivity index (χ3v) is 4.52. The van der Waals surface area contributed by atoms with Crippen LogP contribution in [0.4, 0.5) is 4.79 Å². The van der Waals surface area contributed by atoms with Crippen LogP contribution in [-0.2, 0) is 6.42 Å². The van der Waals surface area contributed by atoms with Gasteiger partial charge in [-0.2, -0.15) is 0 Å². The van der Waals surface area contributed by atoms with Crippen LogP contribution in [0.15, 0.2) is 33.6 Å². The summed E-state index contributed by atoms with van der Waals surface area (Å²) in [5, 5.41) is 3.00. The molecule has 1 N–H and O–H groups in total. The SMILES string of the molecule is Cc1c(C(C)C)c(=O)on1C(=O)NC1CCCc2ccccc21. The highest BCUT2D eigenvalue weighted by Crippen LogP contribution is 2.29. The largest absolute Gasteiger partial charge is 0.361 e. The fraction of sp³-hybridized carbons (Fsp3) is 0.444. The first-order valence-corrected chi connectivity index (χ1v) is 8.10. The Balaban J connectivity index is 1.87. The number of aromatic nitrogens is 1. The average molecular weight is 314 g/mol. The maximum atomic E-state index is 12.6. The van der Waals surface area contributed by atoms with Crippen molar-refractivity contribution in [2.75, 3.05) is 0 Å². The third kappa shape index (κ3) is 2.83. The number of aryl methyl sites for hydroxylation is 1. The number of nitrogens with one attached hydrogen (secondary N) is 1. The van der Waals surface area contributed by atoms with Gasteiger partial charge < -0.3 is 9.84 Å². The molecule has 1 unspecified atom stereocenters. The molecule has 1 amide bonds. The van der Waals surface area contributed by atoms with Gasteiger partial charge in [0.1, 0.15) is 0 Å². The molecule has 0 radical (unpaired) electrons. The predicted octanol–water partition coefficient (Wildman–Crippen LogP) is 3.51. The molecule has 1 aromatic carbocycles. The van der Waals surface area contributed by atoms with Crippen molar-refractivity contribution in [1.29, 1.82) is 0 Å². The van der Waals surface area contributed by atoms with Gasteiger partial charge in [0.2, 0.25) is 0 Å². The average Bonchev–Trinajstić information content (AvgIpc) is 2.82. The number of nitrogens with zero attached hydrogens (tertiary/aromatic N) is 1. The number of benzene rings is 1. The standard InChI is InChI=1S/C18H22N2O3/c1-11(2)16-12(3)20(23-17(16)21)18(22)19-15-10-6-8-13-7-4-5-9-14(13)15/h4-5,7,9,11,15H,6,8,10H2,1-3H3,(H,19,22). The predicted molar refractivity (Wildman–Crippen MR) is 87.8 cm³/mol. The highest BCUT2D eigenvalue weighted by Gasteiger charge is 2.25. The molecule has 0 spiro atoms. The Kier molecular flexibility index (Phi) is 4.11. The van der Waals surface area contributed by atoms with Crippen LogP contribution in [0.5, 0.6) is 0 Å². The quantitative estimate of drug-likeness (QED) is 0.922. The van der Waals surface area contributed by atoms with Crippen LogP contribution in [-0.4, -0.2) is 10.8 Å². The highest BCUT2D eigenvalue weighted by molar-refractivity contribution is 5.76. The van der Waals surface area contributed by atoms with Crippen LogP contribution in [0.2, 0.25) is 0 Å². The zero-order valence-corrected chi connectivity index (χ0v) is 13.8. The summed E-state index contributed by atoms with van der Waals surface area (Å²) >= 11 is 0. The lowest BCUT2D eigenvalue weighted by molar-refractivity contribution is 0.200. The zero-order chi connectivity index (χ0) is 16.6. The van der Waals surface area contributed by atoms with E-state index in [1.807, 2.05) is 26.0 Å². The lowest BCUT2D eigenvalue weighted by atomic mass is 9.88. The molecule has 1 aliphatic carbocycles. The lowest BCUT2D eigenvalue weighted by Crippen LogP contribution is -2.34. The Morgan fingerprint density at radius 3 is 2.78 bits per heavy atom. The third-order valence-electron chi connectivity index (χ3n) is 4.52. The van der Waals surface area contributed by atoms with Gasteiger partial charge in [0.15, 0.2) is 0 Å². The van der Waals surface area contributed by atoms with E-state index >= 15 is 0 Å². The summed E-state index contributed by atoms with van der Waals surface area (Å²) in [6.07, 6.45) is 2.97. The molecule has 0 saturated carbocycles. The Labute approximate surface area is 135 Å². The molecule has 122 valence electrons. The van der Waals surface area contributed by atoms with Gasteiger partial charge in [0.25, 0.3) is 0 Å².